The monoisotopic (exact) mass is 194 g/mol. The van der Waals surface area contributed by atoms with E-state index in [1.807, 2.05) is 0 Å². The first-order valence-corrected chi connectivity index (χ1v) is 5.58. The summed E-state index contributed by atoms with van der Waals surface area (Å²) in [5, 5.41) is 3.73. The molecule has 1 heterocycles. The van der Waals surface area contributed by atoms with Crippen LogP contribution in [0.15, 0.2) is 5.11 Å². The lowest BCUT2D eigenvalue weighted by Gasteiger charge is -2.45. The maximum Gasteiger partial charge on any atom is 0.0628 e. The summed E-state index contributed by atoms with van der Waals surface area (Å²) in [5.41, 5.74) is 8.28. The Morgan fingerprint density at radius 1 is 1.36 bits per heavy atom. The average Bonchev–Trinajstić information content (AvgIpc) is 2.10. The second kappa shape index (κ2) is 4.20. The minimum atomic E-state index is 0.247. The predicted octanol–water partition coefficient (Wildman–Crippen LogP) is 2.56. The normalized spacial score (nSPS) is 34.6. The van der Waals surface area contributed by atoms with Crippen molar-refractivity contribution >= 4 is 0 Å². The summed E-state index contributed by atoms with van der Waals surface area (Å²) < 4.78 is 0. The molecule has 4 nitrogen and oxygen atoms in total. The molecule has 2 rings (SSSR count). The highest BCUT2D eigenvalue weighted by Crippen LogP contribution is 2.30. The van der Waals surface area contributed by atoms with Crippen molar-refractivity contribution in [3.05, 3.63) is 10.4 Å². The summed E-state index contributed by atoms with van der Waals surface area (Å²) in [7, 11) is 0. The van der Waals surface area contributed by atoms with E-state index in [4.69, 9.17) is 5.53 Å². The zero-order valence-electron chi connectivity index (χ0n) is 8.76. The van der Waals surface area contributed by atoms with Crippen LogP contribution in [-0.2, 0) is 0 Å². The first-order valence-electron chi connectivity index (χ1n) is 5.58. The van der Waals surface area contributed by atoms with Gasteiger partial charge in [0, 0.05) is 24.0 Å². The van der Waals surface area contributed by atoms with Crippen molar-refractivity contribution in [2.24, 2.45) is 11.0 Å². The number of rotatable bonds is 2. The van der Waals surface area contributed by atoms with Crippen LogP contribution >= 0.6 is 0 Å². The SMILES string of the molecule is C[C@@H]1CCC[C@H](N2CC(N=[N+]=[N-])C2)C1. The molecule has 0 bridgehead atoms. The van der Waals surface area contributed by atoms with Crippen molar-refractivity contribution in [1.29, 1.82) is 0 Å². The van der Waals surface area contributed by atoms with E-state index in [2.05, 4.69) is 21.8 Å². The molecule has 4 heteroatoms. The topological polar surface area (TPSA) is 52.0 Å². The Hall–Kier alpha value is -0.730. The Bertz CT molecular complexity index is 241. The maximum atomic E-state index is 8.28. The summed E-state index contributed by atoms with van der Waals surface area (Å²) in [6, 6.07) is 1.01. The molecule has 0 N–H and O–H groups in total. The molecule has 1 aliphatic heterocycles. The molecule has 0 aromatic carbocycles. The summed E-state index contributed by atoms with van der Waals surface area (Å²) in [5.74, 6) is 0.882. The van der Waals surface area contributed by atoms with E-state index in [1.54, 1.807) is 0 Å². The molecule has 1 saturated heterocycles. The van der Waals surface area contributed by atoms with E-state index in [0.717, 1.165) is 25.0 Å². The van der Waals surface area contributed by atoms with Crippen molar-refractivity contribution < 1.29 is 0 Å². The molecular weight excluding hydrogens is 176 g/mol. The molecule has 0 aromatic heterocycles. The van der Waals surface area contributed by atoms with Crippen LogP contribution in [0.3, 0.4) is 0 Å². The Morgan fingerprint density at radius 2 is 2.14 bits per heavy atom. The summed E-state index contributed by atoms with van der Waals surface area (Å²) in [4.78, 5) is 5.33. The van der Waals surface area contributed by atoms with Gasteiger partial charge in [0.05, 0.1) is 6.04 Å². The molecule has 0 spiro atoms. The molecule has 14 heavy (non-hydrogen) atoms. The fraction of sp³-hybridized carbons (Fsp3) is 1.00. The molecule has 2 aliphatic rings. The maximum absolute atomic E-state index is 8.28. The lowest BCUT2D eigenvalue weighted by Crippen LogP contribution is -2.55. The first-order chi connectivity index (χ1) is 6.79. The highest BCUT2D eigenvalue weighted by molar-refractivity contribution is 4.91. The summed E-state index contributed by atoms with van der Waals surface area (Å²) in [6.45, 7) is 4.32. The van der Waals surface area contributed by atoms with Crippen molar-refractivity contribution in [2.45, 2.75) is 44.7 Å². The Labute approximate surface area is 84.9 Å². The van der Waals surface area contributed by atoms with Gasteiger partial charge in [-0.05, 0) is 24.3 Å². The van der Waals surface area contributed by atoms with Crippen molar-refractivity contribution in [1.82, 2.24) is 4.90 Å². The Balaban J connectivity index is 1.78. The van der Waals surface area contributed by atoms with Gasteiger partial charge >= 0.3 is 0 Å². The largest absolute Gasteiger partial charge is 0.299 e. The van der Waals surface area contributed by atoms with E-state index in [0.29, 0.717) is 0 Å². The van der Waals surface area contributed by atoms with Gasteiger partial charge in [-0.25, -0.2) is 0 Å². The molecular formula is C10H18N4. The molecule has 1 saturated carbocycles. The third-order valence-corrected chi connectivity index (χ3v) is 3.53. The van der Waals surface area contributed by atoms with Gasteiger partial charge in [-0.3, -0.25) is 4.90 Å². The average molecular weight is 194 g/mol. The van der Waals surface area contributed by atoms with Crippen molar-refractivity contribution in [3.8, 4) is 0 Å². The second-order valence-electron chi connectivity index (χ2n) is 4.74. The van der Waals surface area contributed by atoms with Gasteiger partial charge in [0.2, 0.25) is 0 Å². The summed E-state index contributed by atoms with van der Waals surface area (Å²) in [6.07, 6.45) is 5.44. The molecule has 2 atom stereocenters. The molecule has 2 fully saturated rings. The fourth-order valence-corrected chi connectivity index (χ4v) is 2.67. The predicted molar refractivity (Wildman–Crippen MR) is 55.9 cm³/mol. The number of azide groups is 1. The van der Waals surface area contributed by atoms with Crippen LogP contribution in [0.4, 0.5) is 0 Å². The quantitative estimate of drug-likeness (QED) is 0.378. The van der Waals surface area contributed by atoms with E-state index in [1.165, 1.54) is 25.7 Å². The number of nitrogens with zero attached hydrogens (tertiary/aromatic N) is 4. The van der Waals surface area contributed by atoms with E-state index in [9.17, 15) is 0 Å². The zero-order chi connectivity index (χ0) is 9.97. The highest BCUT2D eigenvalue weighted by atomic mass is 15.3. The number of hydrogen-bond acceptors (Lipinski definition) is 2. The van der Waals surface area contributed by atoms with Gasteiger partial charge in [-0.15, -0.1) is 0 Å². The number of likely N-dealkylation sites (tertiary alicyclic amines) is 1. The second-order valence-corrected chi connectivity index (χ2v) is 4.74. The van der Waals surface area contributed by atoms with Crippen LogP contribution in [-0.4, -0.2) is 30.1 Å². The molecule has 0 aromatic rings. The third kappa shape index (κ3) is 2.02. The van der Waals surface area contributed by atoms with Crippen LogP contribution in [0.25, 0.3) is 10.4 Å². The van der Waals surface area contributed by atoms with Crippen molar-refractivity contribution in [2.75, 3.05) is 13.1 Å². The lowest BCUT2D eigenvalue weighted by molar-refractivity contribution is 0.0595. The molecule has 78 valence electrons. The molecule has 0 radical (unpaired) electrons. The van der Waals surface area contributed by atoms with E-state index in [-0.39, 0.29) is 6.04 Å². The Kier molecular flexibility index (Phi) is 2.94. The Morgan fingerprint density at radius 3 is 2.79 bits per heavy atom. The van der Waals surface area contributed by atoms with Gasteiger partial charge in [-0.1, -0.05) is 24.9 Å². The molecule has 0 amide bonds. The van der Waals surface area contributed by atoms with Crippen molar-refractivity contribution in [3.63, 3.8) is 0 Å². The van der Waals surface area contributed by atoms with Gasteiger partial charge in [0.1, 0.15) is 0 Å². The summed E-state index contributed by atoms with van der Waals surface area (Å²) >= 11 is 0. The van der Waals surface area contributed by atoms with E-state index >= 15 is 0 Å². The van der Waals surface area contributed by atoms with Crippen LogP contribution in [0.2, 0.25) is 0 Å². The minimum Gasteiger partial charge on any atom is -0.299 e. The van der Waals surface area contributed by atoms with Gasteiger partial charge < -0.3 is 0 Å². The standard InChI is InChI=1S/C10H18N4/c1-8-3-2-4-10(5-8)14-6-9(7-14)12-13-11/h8-10H,2-7H2,1H3/t8-,10+/m1/s1. The fourth-order valence-electron chi connectivity index (χ4n) is 2.67. The first kappa shape index (κ1) is 9.81. The zero-order valence-corrected chi connectivity index (χ0v) is 8.76. The van der Waals surface area contributed by atoms with Gasteiger partial charge in [0.25, 0.3) is 0 Å². The van der Waals surface area contributed by atoms with Crippen LogP contribution < -0.4 is 0 Å². The lowest BCUT2D eigenvalue weighted by atomic mass is 9.85. The smallest absolute Gasteiger partial charge is 0.0628 e. The molecule has 1 aliphatic carbocycles. The van der Waals surface area contributed by atoms with Crippen LogP contribution in [0.1, 0.15) is 32.6 Å². The number of hydrogen-bond donors (Lipinski definition) is 0. The van der Waals surface area contributed by atoms with Crippen LogP contribution in [0.5, 0.6) is 0 Å². The van der Waals surface area contributed by atoms with Crippen LogP contribution in [0, 0.1) is 5.92 Å². The highest BCUT2D eigenvalue weighted by Gasteiger charge is 2.33. The molecule has 0 unspecified atom stereocenters. The minimum absolute atomic E-state index is 0.247. The van der Waals surface area contributed by atoms with Gasteiger partial charge in [-0.2, -0.15) is 0 Å². The van der Waals surface area contributed by atoms with Gasteiger partial charge in [0.15, 0.2) is 0 Å². The van der Waals surface area contributed by atoms with E-state index < -0.39 is 0 Å². The third-order valence-electron chi connectivity index (χ3n) is 3.53.